The predicted molar refractivity (Wildman–Crippen MR) is 130 cm³/mol. The number of methoxy groups -OCH3 is 1. The van der Waals surface area contributed by atoms with Gasteiger partial charge in [-0.15, -0.1) is 0 Å². The molecule has 3 heterocycles. The molecule has 36 heavy (non-hydrogen) atoms. The van der Waals surface area contributed by atoms with E-state index in [-0.39, 0.29) is 36.3 Å². The van der Waals surface area contributed by atoms with Crippen LogP contribution >= 0.6 is 23.2 Å². The molecule has 3 atom stereocenters. The summed E-state index contributed by atoms with van der Waals surface area (Å²) >= 11 is 12.9. The number of carbonyl (C=O) groups is 2. The third kappa shape index (κ3) is 3.95. The van der Waals surface area contributed by atoms with Crippen LogP contribution in [0.2, 0.25) is 10.0 Å². The van der Waals surface area contributed by atoms with Gasteiger partial charge in [0.25, 0.3) is 0 Å². The third-order valence-corrected chi connectivity index (χ3v) is 7.72. The van der Waals surface area contributed by atoms with Crippen LogP contribution in [-0.4, -0.2) is 46.3 Å². The first-order valence-electron chi connectivity index (χ1n) is 11.7. The van der Waals surface area contributed by atoms with Gasteiger partial charge in [-0.2, -0.15) is 0 Å². The lowest BCUT2D eigenvalue weighted by Crippen LogP contribution is -2.43. The fourth-order valence-corrected chi connectivity index (χ4v) is 5.76. The van der Waals surface area contributed by atoms with Gasteiger partial charge in [0.05, 0.1) is 48.2 Å². The lowest BCUT2D eigenvalue weighted by molar-refractivity contribution is -0.126. The molecular formula is C25H22Cl2N4O5. The molecule has 9 nitrogen and oxygen atoms in total. The second-order valence-electron chi connectivity index (χ2n) is 9.29. The summed E-state index contributed by atoms with van der Waals surface area (Å²) in [5.41, 5.74) is 2.14. The first-order chi connectivity index (χ1) is 17.5. The van der Waals surface area contributed by atoms with E-state index in [0.717, 1.165) is 24.2 Å². The SMILES string of the molecule is COC(=O)c1cnc(N2C(=O)[C@@H]3C[C@H]2C[C@H]3OCc2c(-c3c(Cl)cccc3Cl)noc2C2CC2)cn1. The van der Waals surface area contributed by atoms with Crippen LogP contribution in [0.25, 0.3) is 11.3 Å². The molecular weight excluding hydrogens is 507 g/mol. The maximum Gasteiger partial charge on any atom is 0.358 e. The number of esters is 1. The first-order valence-corrected chi connectivity index (χ1v) is 12.5. The molecule has 3 fully saturated rings. The van der Waals surface area contributed by atoms with Crippen LogP contribution in [0.3, 0.4) is 0 Å². The van der Waals surface area contributed by atoms with Crippen LogP contribution < -0.4 is 4.90 Å². The van der Waals surface area contributed by atoms with Crippen molar-refractivity contribution in [2.45, 2.75) is 50.4 Å². The Morgan fingerprint density at radius 1 is 1.17 bits per heavy atom. The van der Waals surface area contributed by atoms with Gasteiger partial charge < -0.3 is 14.0 Å². The molecule has 0 spiro atoms. The van der Waals surface area contributed by atoms with Gasteiger partial charge in [-0.25, -0.2) is 14.8 Å². The Labute approximate surface area is 216 Å². The molecule has 1 saturated heterocycles. The minimum atomic E-state index is -0.575. The molecule has 1 amide bonds. The van der Waals surface area contributed by atoms with E-state index < -0.39 is 5.97 Å². The highest BCUT2D eigenvalue weighted by Crippen LogP contribution is 2.47. The van der Waals surface area contributed by atoms with Crippen molar-refractivity contribution >= 4 is 40.9 Å². The van der Waals surface area contributed by atoms with E-state index in [0.29, 0.717) is 45.9 Å². The molecule has 0 unspecified atom stereocenters. The van der Waals surface area contributed by atoms with E-state index in [2.05, 4.69) is 19.9 Å². The van der Waals surface area contributed by atoms with Crippen molar-refractivity contribution in [1.29, 1.82) is 0 Å². The van der Waals surface area contributed by atoms with E-state index in [9.17, 15) is 9.59 Å². The Bertz CT molecular complexity index is 1320. The Morgan fingerprint density at radius 3 is 2.58 bits per heavy atom. The Morgan fingerprint density at radius 2 is 1.94 bits per heavy atom. The van der Waals surface area contributed by atoms with Crippen LogP contribution in [0.15, 0.2) is 35.1 Å². The number of fused-ring (bicyclic) bond motifs is 2. The smallest absolute Gasteiger partial charge is 0.358 e. The summed E-state index contributed by atoms with van der Waals surface area (Å²) in [5, 5.41) is 5.29. The fourth-order valence-electron chi connectivity index (χ4n) is 5.18. The van der Waals surface area contributed by atoms with Crippen molar-refractivity contribution < 1.29 is 23.6 Å². The maximum atomic E-state index is 13.2. The molecule has 1 aliphatic heterocycles. The first kappa shape index (κ1) is 23.4. The molecule has 11 heteroatoms. The minimum Gasteiger partial charge on any atom is -0.464 e. The molecule has 3 aromatic rings. The standard InChI is InChI=1S/C25H22Cl2N4O5/c1-34-25(33)18-9-29-20(10-28-18)31-13-7-14(24(31)32)19(8-13)35-11-15-22(30-36-23(15)12-5-6-12)21-16(26)3-2-4-17(21)27/h2-4,9-10,12-14,19H,5-8,11H2,1H3/t13-,14+,19+/m0/s1. The van der Waals surface area contributed by atoms with Crippen molar-refractivity contribution in [3.8, 4) is 11.3 Å². The number of rotatable bonds is 7. The van der Waals surface area contributed by atoms with Crippen LogP contribution in [-0.2, 0) is 20.9 Å². The molecule has 2 aliphatic carbocycles. The summed E-state index contributed by atoms with van der Waals surface area (Å²) in [6.07, 6.45) is 5.93. The van der Waals surface area contributed by atoms with Gasteiger partial charge in [0.2, 0.25) is 5.91 Å². The average molecular weight is 529 g/mol. The van der Waals surface area contributed by atoms with E-state index in [1.807, 2.05) is 0 Å². The Balaban J connectivity index is 1.19. The lowest BCUT2D eigenvalue weighted by atomic mass is 10.0. The van der Waals surface area contributed by atoms with Gasteiger partial charge in [-0.3, -0.25) is 9.69 Å². The lowest BCUT2D eigenvalue weighted by Gasteiger charge is -2.30. The highest BCUT2D eigenvalue weighted by Gasteiger charge is 2.52. The molecule has 186 valence electrons. The van der Waals surface area contributed by atoms with Crippen molar-refractivity contribution in [1.82, 2.24) is 15.1 Å². The van der Waals surface area contributed by atoms with Crippen LogP contribution in [0.1, 0.15) is 53.4 Å². The summed E-state index contributed by atoms with van der Waals surface area (Å²) < 4.78 is 16.7. The number of ether oxygens (including phenoxy) is 2. The summed E-state index contributed by atoms with van der Waals surface area (Å²) in [6, 6.07) is 5.27. The highest BCUT2D eigenvalue weighted by atomic mass is 35.5. The summed E-state index contributed by atoms with van der Waals surface area (Å²) in [4.78, 5) is 34.8. The zero-order valence-corrected chi connectivity index (χ0v) is 20.8. The van der Waals surface area contributed by atoms with Crippen molar-refractivity contribution in [2.24, 2.45) is 5.92 Å². The number of anilines is 1. The van der Waals surface area contributed by atoms with Gasteiger partial charge in [-0.05, 0) is 37.8 Å². The molecule has 1 aromatic carbocycles. The quantitative estimate of drug-likeness (QED) is 0.402. The van der Waals surface area contributed by atoms with E-state index in [1.165, 1.54) is 19.5 Å². The van der Waals surface area contributed by atoms with Crippen LogP contribution in [0.4, 0.5) is 5.82 Å². The number of halogens is 2. The highest BCUT2D eigenvalue weighted by molar-refractivity contribution is 6.39. The van der Waals surface area contributed by atoms with Gasteiger partial charge >= 0.3 is 5.97 Å². The van der Waals surface area contributed by atoms with E-state index >= 15 is 0 Å². The maximum absolute atomic E-state index is 13.2. The number of carbonyl (C=O) groups excluding carboxylic acids is 2. The van der Waals surface area contributed by atoms with Gasteiger partial charge in [0.15, 0.2) is 11.5 Å². The molecule has 2 saturated carbocycles. The van der Waals surface area contributed by atoms with Crippen molar-refractivity contribution in [3.63, 3.8) is 0 Å². The fraction of sp³-hybridized carbons (Fsp3) is 0.400. The molecule has 2 bridgehead atoms. The summed E-state index contributed by atoms with van der Waals surface area (Å²) in [5.74, 6) is 0.623. The molecule has 0 radical (unpaired) electrons. The predicted octanol–water partition coefficient (Wildman–Crippen LogP) is 4.81. The van der Waals surface area contributed by atoms with Crippen molar-refractivity contribution in [2.75, 3.05) is 12.0 Å². The number of hydrogen-bond acceptors (Lipinski definition) is 8. The molecule has 2 aromatic heterocycles. The van der Waals surface area contributed by atoms with E-state index in [1.54, 1.807) is 23.1 Å². The topological polar surface area (TPSA) is 108 Å². The number of piperidine rings is 1. The van der Waals surface area contributed by atoms with Crippen LogP contribution in [0.5, 0.6) is 0 Å². The zero-order valence-electron chi connectivity index (χ0n) is 19.3. The second kappa shape index (κ2) is 9.14. The Hall–Kier alpha value is -3.01. The van der Waals surface area contributed by atoms with Crippen LogP contribution in [0, 0.1) is 5.92 Å². The van der Waals surface area contributed by atoms with Gasteiger partial charge in [0, 0.05) is 23.1 Å². The van der Waals surface area contributed by atoms with Crippen molar-refractivity contribution in [3.05, 3.63) is 57.7 Å². The number of nitrogens with zero attached hydrogens (tertiary/aromatic N) is 4. The van der Waals surface area contributed by atoms with Gasteiger partial charge in [0.1, 0.15) is 11.5 Å². The number of amides is 1. The molecule has 0 N–H and O–H groups in total. The molecule has 3 aliphatic rings. The number of benzene rings is 1. The normalized spacial score (nSPS) is 22.9. The minimum absolute atomic E-state index is 0.0476. The second-order valence-corrected chi connectivity index (χ2v) is 10.1. The van der Waals surface area contributed by atoms with Gasteiger partial charge in [-0.1, -0.05) is 34.4 Å². The Kier molecular flexibility index (Phi) is 5.94. The molecule has 6 rings (SSSR count). The monoisotopic (exact) mass is 528 g/mol. The summed E-state index contributed by atoms with van der Waals surface area (Å²) in [7, 11) is 1.28. The van der Waals surface area contributed by atoms with E-state index in [4.69, 9.17) is 32.5 Å². The summed E-state index contributed by atoms with van der Waals surface area (Å²) in [6.45, 7) is 0.251. The third-order valence-electron chi connectivity index (χ3n) is 7.09. The number of hydrogen-bond donors (Lipinski definition) is 0. The number of aromatic nitrogens is 3. The largest absolute Gasteiger partial charge is 0.464 e. The average Bonchev–Trinajstić information content (AvgIpc) is 3.39. The zero-order chi connectivity index (χ0) is 25.0.